The lowest BCUT2D eigenvalue weighted by molar-refractivity contribution is -0.137. The summed E-state index contributed by atoms with van der Waals surface area (Å²) in [4.78, 5) is 5.45. The molecule has 1 saturated heterocycles. The average molecular weight is 311 g/mol. The third-order valence-electron chi connectivity index (χ3n) is 3.38. The molecular weight excluding hydrogens is 297 g/mol. The third kappa shape index (κ3) is 3.16. The number of alkyl halides is 3. The number of halogens is 4. The molecule has 0 saturated carbocycles. The highest BCUT2D eigenvalue weighted by Crippen LogP contribution is 2.34. The van der Waals surface area contributed by atoms with Gasteiger partial charge in [0.2, 0.25) is 0 Å². The van der Waals surface area contributed by atoms with E-state index in [-0.39, 0.29) is 23.4 Å². The Kier molecular flexibility index (Phi) is 4.41. The van der Waals surface area contributed by atoms with Crippen molar-refractivity contribution in [1.82, 2.24) is 4.98 Å². The van der Waals surface area contributed by atoms with E-state index in [9.17, 15) is 18.3 Å². The van der Waals surface area contributed by atoms with Gasteiger partial charge in [-0.05, 0) is 12.5 Å². The smallest absolute Gasteiger partial charge is 0.396 e. The largest absolute Gasteiger partial charge is 0.417 e. The minimum absolute atomic E-state index is 0.0899. The lowest BCUT2D eigenvalue weighted by Crippen LogP contribution is -2.45. The molecule has 4 nitrogen and oxygen atoms in total. The lowest BCUT2D eigenvalue weighted by Gasteiger charge is -2.36. The Morgan fingerprint density at radius 2 is 2.15 bits per heavy atom. The van der Waals surface area contributed by atoms with Crippen molar-refractivity contribution in [2.24, 2.45) is 5.92 Å². The Bertz CT molecular complexity index is 484. The normalized spacial score (nSPS) is 24.0. The second kappa shape index (κ2) is 5.75. The van der Waals surface area contributed by atoms with Gasteiger partial charge in [-0.2, -0.15) is 13.2 Å². The average Bonchev–Trinajstić information content (AvgIpc) is 2.38. The van der Waals surface area contributed by atoms with Gasteiger partial charge in [0, 0.05) is 25.2 Å². The maximum Gasteiger partial charge on any atom is 0.417 e. The van der Waals surface area contributed by atoms with E-state index in [1.807, 2.05) is 0 Å². The van der Waals surface area contributed by atoms with Crippen molar-refractivity contribution in [3.8, 4) is 0 Å². The van der Waals surface area contributed by atoms with E-state index >= 15 is 0 Å². The van der Waals surface area contributed by atoms with Crippen molar-refractivity contribution >= 4 is 17.4 Å². The fourth-order valence-corrected chi connectivity index (χ4v) is 2.50. The van der Waals surface area contributed by atoms with Gasteiger partial charge in [-0.15, -0.1) is 0 Å². The van der Waals surface area contributed by atoms with Gasteiger partial charge >= 0.3 is 6.18 Å². The fraction of sp³-hybridized carbons (Fsp3) is 0.583. The highest BCUT2D eigenvalue weighted by molar-refractivity contribution is 6.33. The molecule has 0 bridgehead atoms. The van der Waals surface area contributed by atoms with Crippen molar-refractivity contribution in [1.29, 1.82) is 0 Å². The van der Waals surface area contributed by atoms with Gasteiger partial charge in [-0.1, -0.05) is 11.6 Å². The number of aromatic nitrogens is 1. The van der Waals surface area contributed by atoms with Crippen LogP contribution in [-0.2, 0) is 6.18 Å². The molecule has 1 aliphatic heterocycles. The number of hydrogen-bond acceptors (Lipinski definition) is 4. The predicted molar refractivity (Wildman–Crippen MR) is 67.7 cm³/mol. The molecule has 1 aromatic rings. The molecular formula is C12H14ClF3N2O2. The topological polar surface area (TPSA) is 56.6 Å². The highest BCUT2D eigenvalue weighted by Gasteiger charge is 2.33. The molecule has 0 amide bonds. The van der Waals surface area contributed by atoms with E-state index in [0.717, 1.165) is 12.3 Å². The Balaban J connectivity index is 2.21. The number of rotatable bonds is 2. The van der Waals surface area contributed by atoms with Crippen LogP contribution < -0.4 is 4.90 Å². The summed E-state index contributed by atoms with van der Waals surface area (Å²) in [5.74, 6) is -0.117. The number of hydrogen-bond donors (Lipinski definition) is 2. The summed E-state index contributed by atoms with van der Waals surface area (Å²) in [6.07, 6.45) is -3.96. The Morgan fingerprint density at radius 3 is 2.70 bits per heavy atom. The highest BCUT2D eigenvalue weighted by atomic mass is 35.5. The molecule has 2 atom stereocenters. The molecule has 8 heteroatoms. The third-order valence-corrected chi connectivity index (χ3v) is 3.66. The van der Waals surface area contributed by atoms with Crippen LogP contribution in [0.1, 0.15) is 12.0 Å². The Labute approximate surface area is 118 Å². The van der Waals surface area contributed by atoms with Gasteiger partial charge in [-0.3, -0.25) is 0 Å². The molecule has 1 aromatic heterocycles. The summed E-state index contributed by atoms with van der Waals surface area (Å²) in [6, 6.07) is 0.836. The molecule has 0 unspecified atom stereocenters. The summed E-state index contributed by atoms with van der Waals surface area (Å²) in [5, 5.41) is 18.7. The maximum atomic E-state index is 12.5. The Hall–Kier alpha value is -1.05. The van der Waals surface area contributed by atoms with Crippen LogP contribution in [0, 0.1) is 5.92 Å². The van der Waals surface area contributed by atoms with Crippen LogP contribution in [0.25, 0.3) is 0 Å². The van der Waals surface area contributed by atoms with E-state index in [4.69, 9.17) is 16.7 Å². The first-order valence-corrected chi connectivity index (χ1v) is 6.47. The van der Waals surface area contributed by atoms with E-state index in [0.29, 0.717) is 19.5 Å². The monoisotopic (exact) mass is 310 g/mol. The second-order valence-corrected chi connectivity index (χ2v) is 5.18. The van der Waals surface area contributed by atoms with Gasteiger partial charge < -0.3 is 15.1 Å². The predicted octanol–water partition coefficient (Wildman–Crippen LogP) is 1.93. The standard InChI is InChI=1S/C12H14ClF3N2O2/c13-9-3-8(12(14,15)16)4-17-11(9)18-2-1-10(20)7(5-18)6-19/h3-4,7,10,19-20H,1-2,5-6H2/t7-,10-/m0/s1. The quantitative estimate of drug-likeness (QED) is 0.876. The van der Waals surface area contributed by atoms with Crippen LogP contribution in [-0.4, -0.2) is 41.0 Å². The first-order chi connectivity index (χ1) is 9.32. The van der Waals surface area contributed by atoms with Crippen LogP contribution >= 0.6 is 11.6 Å². The number of aliphatic hydroxyl groups excluding tert-OH is 2. The minimum Gasteiger partial charge on any atom is -0.396 e. The van der Waals surface area contributed by atoms with Crippen LogP contribution in [0.15, 0.2) is 12.3 Å². The molecule has 1 fully saturated rings. The van der Waals surface area contributed by atoms with Gasteiger partial charge in [-0.25, -0.2) is 4.98 Å². The number of nitrogens with zero attached hydrogens (tertiary/aromatic N) is 2. The van der Waals surface area contributed by atoms with Crippen LogP contribution in [0.4, 0.5) is 19.0 Å². The minimum atomic E-state index is -4.49. The number of anilines is 1. The van der Waals surface area contributed by atoms with Crippen molar-refractivity contribution in [3.05, 3.63) is 22.8 Å². The molecule has 2 N–H and O–H groups in total. The molecule has 2 heterocycles. The zero-order chi connectivity index (χ0) is 14.9. The zero-order valence-electron chi connectivity index (χ0n) is 10.4. The van der Waals surface area contributed by atoms with Gasteiger partial charge in [0.25, 0.3) is 0 Å². The second-order valence-electron chi connectivity index (χ2n) is 4.77. The first-order valence-electron chi connectivity index (χ1n) is 6.09. The van der Waals surface area contributed by atoms with Gasteiger partial charge in [0.05, 0.1) is 23.3 Å². The van der Waals surface area contributed by atoms with E-state index < -0.39 is 17.8 Å². The molecule has 1 aliphatic rings. The van der Waals surface area contributed by atoms with Gasteiger partial charge in [0.15, 0.2) is 0 Å². The van der Waals surface area contributed by atoms with Crippen LogP contribution in [0.2, 0.25) is 5.02 Å². The number of piperidine rings is 1. The van der Waals surface area contributed by atoms with Crippen molar-refractivity contribution in [2.75, 3.05) is 24.6 Å². The van der Waals surface area contributed by atoms with Crippen molar-refractivity contribution in [2.45, 2.75) is 18.7 Å². The zero-order valence-corrected chi connectivity index (χ0v) is 11.2. The molecule has 0 radical (unpaired) electrons. The summed E-state index contributed by atoms with van der Waals surface area (Å²) >= 11 is 5.87. The first kappa shape index (κ1) is 15.3. The van der Waals surface area contributed by atoms with E-state index in [1.54, 1.807) is 4.90 Å². The summed E-state index contributed by atoms with van der Waals surface area (Å²) in [7, 11) is 0. The van der Waals surface area contributed by atoms with E-state index in [2.05, 4.69) is 4.98 Å². The van der Waals surface area contributed by atoms with Crippen molar-refractivity contribution in [3.63, 3.8) is 0 Å². The molecule has 2 rings (SSSR count). The van der Waals surface area contributed by atoms with Crippen molar-refractivity contribution < 1.29 is 23.4 Å². The maximum absolute atomic E-state index is 12.5. The van der Waals surface area contributed by atoms with Crippen LogP contribution in [0.5, 0.6) is 0 Å². The van der Waals surface area contributed by atoms with Gasteiger partial charge in [0.1, 0.15) is 5.82 Å². The summed E-state index contributed by atoms with van der Waals surface area (Å²) in [5.41, 5.74) is -0.901. The number of aliphatic hydroxyl groups is 2. The Morgan fingerprint density at radius 1 is 1.45 bits per heavy atom. The molecule has 20 heavy (non-hydrogen) atoms. The summed E-state index contributed by atoms with van der Waals surface area (Å²) in [6.45, 7) is 0.529. The molecule has 112 valence electrons. The molecule has 0 spiro atoms. The van der Waals surface area contributed by atoms with Crippen LogP contribution in [0.3, 0.4) is 0 Å². The summed E-state index contributed by atoms with van der Waals surface area (Å²) < 4.78 is 37.6. The van der Waals surface area contributed by atoms with E-state index in [1.165, 1.54) is 0 Å². The SMILES string of the molecule is OC[C@@H]1CN(c2ncc(C(F)(F)F)cc2Cl)CC[C@@H]1O. The molecule has 0 aliphatic carbocycles. The molecule has 0 aromatic carbocycles. The lowest BCUT2D eigenvalue weighted by atomic mass is 9.95. The number of pyridine rings is 1. The fourth-order valence-electron chi connectivity index (χ4n) is 2.21.